The number of hydrogen-bond acceptors (Lipinski definition) is 1. The van der Waals surface area contributed by atoms with Crippen LogP contribution in [0.15, 0.2) is 18.2 Å². The maximum Gasteiger partial charge on any atom is 0.218 e. The minimum absolute atomic E-state index is 0.135. The van der Waals surface area contributed by atoms with Crippen molar-refractivity contribution in [2.45, 2.75) is 57.3 Å². The van der Waals surface area contributed by atoms with Gasteiger partial charge in [-0.1, -0.05) is 49.9 Å². The number of rotatable bonds is 4. The van der Waals surface area contributed by atoms with Gasteiger partial charge < -0.3 is 5.73 Å². The Balaban J connectivity index is 2.14. The Bertz CT molecular complexity index is 452. The van der Waals surface area contributed by atoms with Crippen molar-refractivity contribution in [3.63, 3.8) is 0 Å². The van der Waals surface area contributed by atoms with E-state index in [1.807, 2.05) is 13.0 Å². The van der Waals surface area contributed by atoms with Crippen LogP contribution in [0.2, 0.25) is 5.02 Å². The van der Waals surface area contributed by atoms with E-state index in [0.29, 0.717) is 12.3 Å². The molecule has 1 atom stereocenters. The SMILES string of the molecule is CC(CC(N)=O)c1ccc(C2CCCCC2)c(Cl)c1. The molecule has 0 bridgehead atoms. The summed E-state index contributed by atoms with van der Waals surface area (Å²) in [6.07, 6.45) is 6.83. The van der Waals surface area contributed by atoms with E-state index in [4.69, 9.17) is 17.3 Å². The molecular weight excluding hydrogens is 258 g/mol. The van der Waals surface area contributed by atoms with Gasteiger partial charge in [-0.05, 0) is 41.9 Å². The van der Waals surface area contributed by atoms with Gasteiger partial charge in [0.1, 0.15) is 0 Å². The molecule has 1 fully saturated rings. The number of hydrogen-bond donors (Lipinski definition) is 1. The molecule has 1 aliphatic rings. The minimum Gasteiger partial charge on any atom is -0.370 e. The van der Waals surface area contributed by atoms with E-state index in [1.165, 1.54) is 37.7 Å². The molecule has 0 aromatic heterocycles. The van der Waals surface area contributed by atoms with E-state index in [2.05, 4.69) is 12.1 Å². The first-order valence-electron chi connectivity index (χ1n) is 7.15. The highest BCUT2D eigenvalue weighted by molar-refractivity contribution is 6.31. The maximum absolute atomic E-state index is 11.0. The molecule has 2 N–H and O–H groups in total. The Hall–Kier alpha value is -1.02. The smallest absolute Gasteiger partial charge is 0.218 e. The molecule has 0 spiro atoms. The van der Waals surface area contributed by atoms with Gasteiger partial charge in [-0.2, -0.15) is 0 Å². The third kappa shape index (κ3) is 3.73. The van der Waals surface area contributed by atoms with Crippen LogP contribution in [0.5, 0.6) is 0 Å². The number of halogens is 1. The molecule has 1 aliphatic carbocycles. The van der Waals surface area contributed by atoms with Gasteiger partial charge in [0, 0.05) is 11.4 Å². The normalized spacial score (nSPS) is 18.2. The van der Waals surface area contributed by atoms with Gasteiger partial charge in [0.2, 0.25) is 5.91 Å². The van der Waals surface area contributed by atoms with Crippen molar-refractivity contribution in [3.8, 4) is 0 Å². The lowest BCUT2D eigenvalue weighted by Crippen LogP contribution is -2.14. The second kappa shape index (κ2) is 6.42. The molecule has 1 amide bonds. The van der Waals surface area contributed by atoms with Crippen molar-refractivity contribution < 1.29 is 4.79 Å². The molecule has 1 aromatic rings. The predicted molar refractivity (Wildman–Crippen MR) is 79.5 cm³/mol. The van der Waals surface area contributed by atoms with E-state index >= 15 is 0 Å². The Labute approximate surface area is 120 Å². The number of nitrogens with two attached hydrogens (primary N) is 1. The van der Waals surface area contributed by atoms with E-state index in [1.54, 1.807) is 0 Å². The van der Waals surface area contributed by atoms with Crippen LogP contribution in [0.25, 0.3) is 0 Å². The fraction of sp³-hybridized carbons (Fsp3) is 0.562. The number of amides is 1. The highest BCUT2D eigenvalue weighted by Gasteiger charge is 2.19. The highest BCUT2D eigenvalue weighted by atomic mass is 35.5. The van der Waals surface area contributed by atoms with Crippen LogP contribution in [0.1, 0.15) is 68.4 Å². The lowest BCUT2D eigenvalue weighted by atomic mass is 9.83. The fourth-order valence-corrected chi connectivity index (χ4v) is 3.36. The first kappa shape index (κ1) is 14.4. The molecule has 19 heavy (non-hydrogen) atoms. The second-order valence-electron chi connectivity index (χ2n) is 5.69. The molecule has 2 rings (SSSR count). The first-order valence-corrected chi connectivity index (χ1v) is 7.53. The summed E-state index contributed by atoms with van der Waals surface area (Å²) in [7, 11) is 0. The van der Waals surface area contributed by atoms with E-state index in [0.717, 1.165) is 10.6 Å². The lowest BCUT2D eigenvalue weighted by molar-refractivity contribution is -0.118. The van der Waals surface area contributed by atoms with Crippen LogP contribution in [-0.2, 0) is 4.79 Å². The molecule has 0 radical (unpaired) electrons. The Morgan fingerprint density at radius 1 is 1.37 bits per heavy atom. The summed E-state index contributed by atoms with van der Waals surface area (Å²) in [4.78, 5) is 11.0. The molecule has 0 saturated heterocycles. The molecule has 2 nitrogen and oxygen atoms in total. The van der Waals surface area contributed by atoms with E-state index < -0.39 is 0 Å². The van der Waals surface area contributed by atoms with Gasteiger partial charge in [0.05, 0.1) is 0 Å². The highest BCUT2D eigenvalue weighted by Crippen LogP contribution is 2.37. The number of benzene rings is 1. The molecule has 3 heteroatoms. The zero-order chi connectivity index (χ0) is 13.8. The topological polar surface area (TPSA) is 43.1 Å². The van der Waals surface area contributed by atoms with Gasteiger partial charge in [0.15, 0.2) is 0 Å². The maximum atomic E-state index is 11.0. The summed E-state index contributed by atoms with van der Waals surface area (Å²) >= 11 is 6.43. The van der Waals surface area contributed by atoms with Crippen LogP contribution in [0.4, 0.5) is 0 Å². The molecule has 104 valence electrons. The third-order valence-electron chi connectivity index (χ3n) is 4.15. The second-order valence-corrected chi connectivity index (χ2v) is 6.09. The Morgan fingerprint density at radius 3 is 2.63 bits per heavy atom. The molecule has 1 saturated carbocycles. The average molecular weight is 280 g/mol. The zero-order valence-corrected chi connectivity index (χ0v) is 12.2. The van der Waals surface area contributed by atoms with Gasteiger partial charge >= 0.3 is 0 Å². The van der Waals surface area contributed by atoms with E-state index in [9.17, 15) is 4.79 Å². The van der Waals surface area contributed by atoms with Gasteiger partial charge in [-0.3, -0.25) is 4.79 Å². The summed E-state index contributed by atoms with van der Waals surface area (Å²) in [5.41, 5.74) is 7.62. The quantitative estimate of drug-likeness (QED) is 0.874. The fourth-order valence-electron chi connectivity index (χ4n) is 3.01. The van der Waals surface area contributed by atoms with Crippen molar-refractivity contribution in [2.24, 2.45) is 5.73 Å². The van der Waals surface area contributed by atoms with E-state index in [-0.39, 0.29) is 11.8 Å². The Kier molecular flexibility index (Phi) is 4.87. The van der Waals surface area contributed by atoms with Crippen molar-refractivity contribution in [1.29, 1.82) is 0 Å². The standard InChI is InChI=1S/C16H22ClNO/c1-11(9-16(18)19)13-7-8-14(15(17)10-13)12-5-3-2-4-6-12/h7-8,10-12H,2-6,9H2,1H3,(H2,18,19). The number of carbonyl (C=O) groups is 1. The minimum atomic E-state index is -0.264. The predicted octanol–water partition coefficient (Wildman–Crippen LogP) is 4.37. The summed E-state index contributed by atoms with van der Waals surface area (Å²) in [5, 5.41) is 0.848. The van der Waals surface area contributed by atoms with Gasteiger partial charge in [-0.25, -0.2) is 0 Å². The van der Waals surface area contributed by atoms with Gasteiger partial charge in [0.25, 0.3) is 0 Å². The monoisotopic (exact) mass is 279 g/mol. The van der Waals surface area contributed by atoms with Crippen LogP contribution in [-0.4, -0.2) is 5.91 Å². The van der Waals surface area contributed by atoms with Crippen LogP contribution >= 0.6 is 11.6 Å². The number of carbonyl (C=O) groups excluding carboxylic acids is 1. The largest absolute Gasteiger partial charge is 0.370 e. The van der Waals surface area contributed by atoms with Crippen molar-refractivity contribution in [3.05, 3.63) is 34.3 Å². The van der Waals surface area contributed by atoms with Crippen molar-refractivity contribution >= 4 is 17.5 Å². The molecule has 0 heterocycles. The number of primary amides is 1. The summed E-state index contributed by atoms with van der Waals surface area (Å²) in [6.45, 7) is 2.01. The Morgan fingerprint density at radius 2 is 2.05 bits per heavy atom. The van der Waals surface area contributed by atoms with Crippen molar-refractivity contribution in [2.75, 3.05) is 0 Å². The first-order chi connectivity index (χ1) is 9.08. The lowest BCUT2D eigenvalue weighted by Gasteiger charge is -2.23. The van der Waals surface area contributed by atoms with Crippen LogP contribution in [0.3, 0.4) is 0 Å². The summed E-state index contributed by atoms with van der Waals surface area (Å²) in [5.74, 6) is 0.483. The van der Waals surface area contributed by atoms with Crippen molar-refractivity contribution in [1.82, 2.24) is 0 Å². The molecular formula is C16H22ClNO. The van der Waals surface area contributed by atoms with Crippen LogP contribution < -0.4 is 5.73 Å². The summed E-state index contributed by atoms with van der Waals surface area (Å²) in [6, 6.07) is 6.26. The third-order valence-corrected chi connectivity index (χ3v) is 4.47. The van der Waals surface area contributed by atoms with Crippen LogP contribution in [0, 0.1) is 0 Å². The molecule has 1 unspecified atom stereocenters. The summed E-state index contributed by atoms with van der Waals surface area (Å²) < 4.78 is 0. The molecule has 0 aliphatic heterocycles. The zero-order valence-electron chi connectivity index (χ0n) is 11.5. The average Bonchev–Trinajstić information content (AvgIpc) is 2.38. The molecule has 1 aromatic carbocycles. The van der Waals surface area contributed by atoms with Gasteiger partial charge in [-0.15, -0.1) is 0 Å².